The van der Waals surface area contributed by atoms with E-state index in [1.54, 1.807) is 11.3 Å². The molecule has 26 heavy (non-hydrogen) atoms. The molecule has 2 heterocycles. The number of amides is 1. The smallest absolute Gasteiger partial charge is 0.263 e. The molecule has 0 saturated carbocycles. The largest absolute Gasteiger partial charge is 0.368 e. The van der Waals surface area contributed by atoms with Crippen molar-refractivity contribution in [1.82, 2.24) is 9.55 Å². The number of carbonyl (C=O) groups is 1. The second-order valence-corrected chi connectivity index (χ2v) is 7.78. The third-order valence-corrected chi connectivity index (χ3v) is 6.27. The molecule has 0 fully saturated rings. The Bertz CT molecular complexity index is 1040. The molecule has 1 unspecified atom stereocenters. The molecule has 1 atom stereocenters. The lowest BCUT2D eigenvalue weighted by Crippen LogP contribution is -2.35. The minimum absolute atomic E-state index is 0.140. The summed E-state index contributed by atoms with van der Waals surface area (Å²) >= 11 is 1.62. The number of rotatable bonds is 4. The van der Waals surface area contributed by atoms with Crippen LogP contribution in [0.1, 0.15) is 42.7 Å². The highest BCUT2D eigenvalue weighted by Crippen LogP contribution is 2.35. The molecule has 4 rings (SSSR count). The average Bonchev–Trinajstić information content (AvgIpc) is 3.03. The lowest BCUT2D eigenvalue weighted by Gasteiger charge is -2.19. The fraction of sp³-hybridized carbons (Fsp3) is 0.350. The summed E-state index contributed by atoms with van der Waals surface area (Å²) in [7, 11) is 0. The van der Waals surface area contributed by atoms with E-state index >= 15 is 0 Å². The maximum atomic E-state index is 13.5. The van der Waals surface area contributed by atoms with E-state index in [2.05, 4.69) is 0 Å². The van der Waals surface area contributed by atoms with Gasteiger partial charge in [-0.25, -0.2) is 4.98 Å². The summed E-state index contributed by atoms with van der Waals surface area (Å²) in [6.07, 6.45) is 4.60. The normalized spacial score (nSPS) is 15.0. The predicted molar refractivity (Wildman–Crippen MR) is 104 cm³/mol. The van der Waals surface area contributed by atoms with E-state index in [9.17, 15) is 9.59 Å². The van der Waals surface area contributed by atoms with Gasteiger partial charge < -0.3 is 5.73 Å². The van der Waals surface area contributed by atoms with Gasteiger partial charge in [0.05, 0.1) is 5.39 Å². The summed E-state index contributed by atoms with van der Waals surface area (Å²) in [6.45, 7) is 1.87. The van der Waals surface area contributed by atoms with E-state index in [1.165, 1.54) is 9.44 Å². The number of aryl methyl sites for hydroxylation is 2. The van der Waals surface area contributed by atoms with Crippen molar-refractivity contribution >= 4 is 27.5 Å². The van der Waals surface area contributed by atoms with Gasteiger partial charge in [0.2, 0.25) is 5.91 Å². The summed E-state index contributed by atoms with van der Waals surface area (Å²) in [4.78, 5) is 32.4. The minimum atomic E-state index is -0.700. The predicted octanol–water partition coefficient (Wildman–Crippen LogP) is 3.44. The Morgan fingerprint density at radius 1 is 1.27 bits per heavy atom. The topological polar surface area (TPSA) is 78.0 Å². The van der Waals surface area contributed by atoms with Crippen LogP contribution in [0.25, 0.3) is 21.6 Å². The highest BCUT2D eigenvalue weighted by molar-refractivity contribution is 7.18. The van der Waals surface area contributed by atoms with Gasteiger partial charge in [0.1, 0.15) is 16.7 Å². The molecule has 0 aliphatic heterocycles. The van der Waals surface area contributed by atoms with Gasteiger partial charge >= 0.3 is 0 Å². The quantitative estimate of drug-likeness (QED) is 0.767. The SMILES string of the molecule is CCC(C(N)=O)n1c(-c2ccccc2)nc2sc3c(c2c1=O)CCCC3. The van der Waals surface area contributed by atoms with Crippen LogP contribution in [0.4, 0.5) is 0 Å². The molecule has 1 aliphatic rings. The Morgan fingerprint density at radius 3 is 2.69 bits per heavy atom. The number of benzene rings is 1. The molecule has 0 spiro atoms. The van der Waals surface area contributed by atoms with Gasteiger partial charge in [0, 0.05) is 10.4 Å². The molecular weight excluding hydrogens is 346 g/mol. The molecule has 3 aromatic rings. The zero-order valence-electron chi connectivity index (χ0n) is 14.7. The number of nitrogens with zero attached hydrogens (tertiary/aromatic N) is 2. The van der Waals surface area contributed by atoms with Gasteiger partial charge in [-0.3, -0.25) is 14.2 Å². The Balaban J connectivity index is 2.09. The fourth-order valence-corrected chi connectivity index (χ4v) is 5.06. The first kappa shape index (κ1) is 17.0. The second-order valence-electron chi connectivity index (χ2n) is 6.69. The summed E-state index contributed by atoms with van der Waals surface area (Å²) in [5.74, 6) is 0.0179. The maximum Gasteiger partial charge on any atom is 0.263 e. The lowest BCUT2D eigenvalue weighted by atomic mass is 9.97. The van der Waals surface area contributed by atoms with E-state index in [0.29, 0.717) is 17.6 Å². The zero-order valence-corrected chi connectivity index (χ0v) is 15.5. The van der Waals surface area contributed by atoms with Crippen LogP contribution in [0.15, 0.2) is 35.1 Å². The van der Waals surface area contributed by atoms with Crippen LogP contribution in [0.5, 0.6) is 0 Å². The van der Waals surface area contributed by atoms with Crippen molar-refractivity contribution in [3.63, 3.8) is 0 Å². The van der Waals surface area contributed by atoms with E-state index in [-0.39, 0.29) is 5.56 Å². The third-order valence-electron chi connectivity index (χ3n) is 5.08. The van der Waals surface area contributed by atoms with Gasteiger partial charge in [-0.1, -0.05) is 37.3 Å². The molecule has 1 amide bonds. The molecule has 1 aromatic carbocycles. The van der Waals surface area contributed by atoms with Crippen molar-refractivity contribution in [3.8, 4) is 11.4 Å². The van der Waals surface area contributed by atoms with Gasteiger partial charge in [0.15, 0.2) is 0 Å². The molecular formula is C20H21N3O2S. The number of carbonyl (C=O) groups excluding carboxylic acids is 1. The Morgan fingerprint density at radius 2 is 2.00 bits per heavy atom. The Kier molecular flexibility index (Phi) is 4.36. The van der Waals surface area contributed by atoms with Crippen LogP contribution in [0.3, 0.4) is 0 Å². The molecule has 1 aliphatic carbocycles. The van der Waals surface area contributed by atoms with Crippen LogP contribution in [0.2, 0.25) is 0 Å². The fourth-order valence-electron chi connectivity index (χ4n) is 3.81. The summed E-state index contributed by atoms with van der Waals surface area (Å²) in [6, 6.07) is 8.84. The van der Waals surface area contributed by atoms with Crippen molar-refractivity contribution in [2.45, 2.75) is 45.1 Å². The van der Waals surface area contributed by atoms with Crippen LogP contribution >= 0.6 is 11.3 Å². The van der Waals surface area contributed by atoms with Crippen molar-refractivity contribution in [2.24, 2.45) is 5.73 Å². The van der Waals surface area contributed by atoms with Crippen LogP contribution in [-0.2, 0) is 17.6 Å². The number of primary amides is 1. The molecule has 0 saturated heterocycles. The van der Waals surface area contributed by atoms with Gasteiger partial charge in [-0.2, -0.15) is 0 Å². The highest BCUT2D eigenvalue weighted by Gasteiger charge is 2.27. The van der Waals surface area contributed by atoms with E-state index in [0.717, 1.165) is 41.6 Å². The summed E-state index contributed by atoms with van der Waals surface area (Å²) in [5.41, 5.74) is 7.43. The monoisotopic (exact) mass is 367 g/mol. The molecule has 0 radical (unpaired) electrons. The highest BCUT2D eigenvalue weighted by atomic mass is 32.1. The standard InChI is InChI=1S/C20H21N3O2S/c1-2-14(17(21)24)23-18(12-8-4-3-5-9-12)22-19-16(20(23)25)13-10-6-7-11-15(13)26-19/h3-5,8-9,14H,2,6-7,10-11H2,1H3,(H2,21,24). The average molecular weight is 367 g/mol. The van der Waals surface area contributed by atoms with Crippen molar-refractivity contribution in [1.29, 1.82) is 0 Å². The van der Waals surface area contributed by atoms with Crippen molar-refractivity contribution < 1.29 is 4.79 Å². The first-order valence-electron chi connectivity index (χ1n) is 9.03. The first-order valence-corrected chi connectivity index (χ1v) is 9.85. The lowest BCUT2D eigenvalue weighted by molar-refractivity contribution is -0.121. The number of hydrogen-bond donors (Lipinski definition) is 1. The number of fused-ring (bicyclic) bond motifs is 3. The molecule has 6 heteroatoms. The number of hydrogen-bond acceptors (Lipinski definition) is 4. The van der Waals surface area contributed by atoms with Crippen molar-refractivity contribution in [3.05, 3.63) is 51.1 Å². The van der Waals surface area contributed by atoms with Gasteiger partial charge in [0.25, 0.3) is 5.56 Å². The maximum absolute atomic E-state index is 13.5. The van der Waals surface area contributed by atoms with Crippen molar-refractivity contribution in [2.75, 3.05) is 0 Å². The minimum Gasteiger partial charge on any atom is -0.368 e. The van der Waals surface area contributed by atoms with Crippen LogP contribution < -0.4 is 11.3 Å². The zero-order chi connectivity index (χ0) is 18.3. The van der Waals surface area contributed by atoms with Crippen LogP contribution in [-0.4, -0.2) is 15.5 Å². The summed E-state index contributed by atoms with van der Waals surface area (Å²) in [5, 5.41) is 0.684. The molecule has 2 N–H and O–H groups in total. The Labute approximate surface area is 155 Å². The van der Waals surface area contributed by atoms with Gasteiger partial charge in [-0.05, 0) is 37.7 Å². The van der Waals surface area contributed by atoms with E-state index in [4.69, 9.17) is 10.7 Å². The number of aromatic nitrogens is 2. The van der Waals surface area contributed by atoms with E-state index < -0.39 is 11.9 Å². The number of thiophene rings is 1. The molecule has 134 valence electrons. The first-order chi connectivity index (χ1) is 12.6. The third kappa shape index (κ3) is 2.65. The Hall–Kier alpha value is -2.47. The van der Waals surface area contributed by atoms with Crippen LogP contribution in [0, 0.1) is 0 Å². The van der Waals surface area contributed by atoms with Gasteiger partial charge in [-0.15, -0.1) is 11.3 Å². The molecule has 2 aromatic heterocycles. The number of nitrogens with two attached hydrogens (primary N) is 1. The second kappa shape index (κ2) is 6.68. The summed E-state index contributed by atoms with van der Waals surface area (Å²) < 4.78 is 1.52. The molecule has 5 nitrogen and oxygen atoms in total. The van der Waals surface area contributed by atoms with E-state index in [1.807, 2.05) is 37.3 Å². The molecule has 0 bridgehead atoms.